The van der Waals surface area contributed by atoms with E-state index in [-0.39, 0.29) is 12.6 Å². The van der Waals surface area contributed by atoms with Crippen LogP contribution in [0.25, 0.3) is 10.1 Å². The molecule has 4 nitrogen and oxygen atoms in total. The van der Waals surface area contributed by atoms with E-state index in [1.54, 1.807) is 11.3 Å². The number of carbonyl (C=O) groups excluding carboxylic acids is 1. The molecule has 2 rings (SSSR count). The van der Waals surface area contributed by atoms with Crippen molar-refractivity contribution >= 4 is 27.5 Å². The zero-order chi connectivity index (χ0) is 15.6. The topological polar surface area (TPSA) is 58.6 Å². The third-order valence-electron chi connectivity index (χ3n) is 2.95. The average Bonchev–Trinajstić information content (AvgIpc) is 2.78. The summed E-state index contributed by atoms with van der Waals surface area (Å²) in [5, 5.41) is 13.1. The first-order valence-electron chi connectivity index (χ1n) is 6.91. The Kier molecular flexibility index (Phi) is 4.54. The van der Waals surface area contributed by atoms with Crippen LogP contribution in [-0.2, 0) is 11.3 Å². The Hall–Kier alpha value is -1.59. The van der Waals surface area contributed by atoms with Crippen LogP contribution >= 0.6 is 11.3 Å². The second kappa shape index (κ2) is 6.03. The highest BCUT2D eigenvalue weighted by Crippen LogP contribution is 2.30. The molecule has 21 heavy (non-hydrogen) atoms. The molecule has 5 heteroatoms. The number of nitrogens with one attached hydrogen (secondary N) is 1. The Morgan fingerprint density at radius 3 is 2.71 bits per heavy atom. The predicted octanol–water partition coefficient (Wildman–Crippen LogP) is 3.98. The molecule has 114 valence electrons. The molecule has 1 amide bonds. The van der Waals surface area contributed by atoms with Crippen molar-refractivity contribution in [2.45, 2.75) is 45.9 Å². The molecular formula is C16H21NO3S. The number of hydrogen-bond donors (Lipinski definition) is 2. The van der Waals surface area contributed by atoms with Gasteiger partial charge in [-0.3, -0.25) is 0 Å². The molecule has 1 aromatic heterocycles. The summed E-state index contributed by atoms with van der Waals surface area (Å²) in [5.74, 6) is 0. The van der Waals surface area contributed by atoms with Gasteiger partial charge < -0.3 is 15.2 Å². The number of carbonyl (C=O) groups is 1. The lowest BCUT2D eigenvalue weighted by molar-refractivity contribution is 0.0509. The molecule has 0 bridgehead atoms. The van der Waals surface area contributed by atoms with Crippen molar-refractivity contribution < 1.29 is 14.6 Å². The molecule has 0 aliphatic carbocycles. The molecule has 2 aromatic rings. The van der Waals surface area contributed by atoms with E-state index in [2.05, 4.69) is 11.4 Å². The number of aliphatic hydroxyl groups is 1. The van der Waals surface area contributed by atoms with Crippen molar-refractivity contribution in [1.29, 1.82) is 0 Å². The Morgan fingerprint density at radius 2 is 2.10 bits per heavy atom. The van der Waals surface area contributed by atoms with Gasteiger partial charge in [0, 0.05) is 9.58 Å². The Balaban J connectivity index is 2.12. The van der Waals surface area contributed by atoms with Crippen molar-refractivity contribution in [3.8, 4) is 0 Å². The van der Waals surface area contributed by atoms with Gasteiger partial charge in [-0.1, -0.05) is 12.1 Å². The van der Waals surface area contributed by atoms with Crippen molar-refractivity contribution in [2.24, 2.45) is 0 Å². The first-order valence-corrected chi connectivity index (χ1v) is 7.73. The standard InChI is InChI=1S/C16H21NO3S/c1-10(17-15(19)20-16(2,3)4)13-8-12-6-5-11(9-18)7-14(12)21-13/h5-8,10,18H,9H2,1-4H3,(H,17,19). The summed E-state index contributed by atoms with van der Waals surface area (Å²) in [7, 11) is 0. The minimum Gasteiger partial charge on any atom is -0.444 e. The molecule has 0 radical (unpaired) electrons. The third kappa shape index (κ3) is 4.19. The Labute approximate surface area is 128 Å². The number of hydrogen-bond acceptors (Lipinski definition) is 4. The number of rotatable bonds is 3. The molecular weight excluding hydrogens is 286 g/mol. The van der Waals surface area contributed by atoms with Crippen LogP contribution < -0.4 is 5.32 Å². The van der Waals surface area contributed by atoms with Gasteiger partial charge in [-0.2, -0.15) is 0 Å². The van der Waals surface area contributed by atoms with E-state index in [4.69, 9.17) is 4.74 Å². The summed E-state index contributed by atoms with van der Waals surface area (Å²) in [6.07, 6.45) is -0.413. The zero-order valence-corrected chi connectivity index (χ0v) is 13.6. The van der Waals surface area contributed by atoms with E-state index in [0.717, 1.165) is 20.5 Å². The molecule has 1 atom stereocenters. The molecule has 0 aliphatic rings. The van der Waals surface area contributed by atoms with E-state index >= 15 is 0 Å². The van der Waals surface area contributed by atoms with Gasteiger partial charge in [-0.15, -0.1) is 11.3 Å². The lowest BCUT2D eigenvalue weighted by atomic mass is 10.1. The van der Waals surface area contributed by atoms with Crippen molar-refractivity contribution in [3.63, 3.8) is 0 Å². The van der Waals surface area contributed by atoms with Crippen LogP contribution in [0.1, 0.15) is 44.2 Å². The number of thiophene rings is 1. The maximum absolute atomic E-state index is 11.8. The molecule has 0 spiro atoms. The van der Waals surface area contributed by atoms with Gasteiger partial charge >= 0.3 is 6.09 Å². The number of fused-ring (bicyclic) bond motifs is 1. The van der Waals surface area contributed by atoms with Gasteiger partial charge in [0.05, 0.1) is 12.6 Å². The smallest absolute Gasteiger partial charge is 0.408 e. The van der Waals surface area contributed by atoms with Crippen molar-refractivity contribution in [1.82, 2.24) is 5.32 Å². The second-order valence-corrected chi connectivity index (χ2v) is 7.16. The first kappa shape index (κ1) is 15.8. The van der Waals surface area contributed by atoms with Crippen molar-refractivity contribution in [3.05, 3.63) is 34.7 Å². The summed E-state index contributed by atoms with van der Waals surface area (Å²) in [6, 6.07) is 7.81. The fourth-order valence-corrected chi connectivity index (χ4v) is 3.09. The van der Waals surface area contributed by atoms with Crippen LogP contribution in [-0.4, -0.2) is 16.8 Å². The van der Waals surface area contributed by atoms with Crippen LogP contribution in [0.4, 0.5) is 4.79 Å². The molecule has 1 unspecified atom stereocenters. The van der Waals surface area contributed by atoms with Gasteiger partial charge in [0.1, 0.15) is 5.60 Å². The van der Waals surface area contributed by atoms with E-state index in [9.17, 15) is 9.90 Å². The highest BCUT2D eigenvalue weighted by Gasteiger charge is 2.19. The summed E-state index contributed by atoms with van der Waals surface area (Å²) in [6.45, 7) is 7.49. The predicted molar refractivity (Wildman–Crippen MR) is 85.5 cm³/mol. The second-order valence-electron chi connectivity index (χ2n) is 6.05. The van der Waals surface area contributed by atoms with Gasteiger partial charge in [-0.25, -0.2) is 4.79 Å². The molecule has 2 N–H and O–H groups in total. The highest BCUT2D eigenvalue weighted by atomic mass is 32.1. The molecule has 1 heterocycles. The molecule has 0 saturated carbocycles. The monoisotopic (exact) mass is 307 g/mol. The minimum atomic E-state index is -0.500. The van der Waals surface area contributed by atoms with Crippen LogP contribution in [0, 0.1) is 0 Å². The highest BCUT2D eigenvalue weighted by molar-refractivity contribution is 7.19. The number of ether oxygens (including phenoxy) is 1. The van der Waals surface area contributed by atoms with Crippen LogP contribution in [0.3, 0.4) is 0 Å². The molecule has 0 fully saturated rings. The van der Waals surface area contributed by atoms with Crippen molar-refractivity contribution in [2.75, 3.05) is 0 Å². The SMILES string of the molecule is CC(NC(=O)OC(C)(C)C)c1cc2ccc(CO)cc2s1. The van der Waals surface area contributed by atoms with Crippen LogP contribution in [0.5, 0.6) is 0 Å². The molecule has 0 saturated heterocycles. The fourth-order valence-electron chi connectivity index (χ4n) is 1.96. The molecule has 1 aromatic carbocycles. The average molecular weight is 307 g/mol. The van der Waals surface area contributed by atoms with Gasteiger partial charge in [0.2, 0.25) is 0 Å². The maximum Gasteiger partial charge on any atom is 0.408 e. The normalized spacial score (nSPS) is 13.2. The van der Waals surface area contributed by atoms with E-state index in [1.807, 2.05) is 45.9 Å². The number of aliphatic hydroxyl groups excluding tert-OH is 1. The van der Waals surface area contributed by atoms with Gasteiger partial charge in [-0.05, 0) is 50.8 Å². The zero-order valence-electron chi connectivity index (χ0n) is 12.8. The lowest BCUT2D eigenvalue weighted by Gasteiger charge is -2.21. The first-order chi connectivity index (χ1) is 9.78. The summed E-state index contributed by atoms with van der Waals surface area (Å²) in [4.78, 5) is 12.9. The summed E-state index contributed by atoms with van der Waals surface area (Å²) in [5.41, 5.74) is 0.392. The van der Waals surface area contributed by atoms with E-state index < -0.39 is 11.7 Å². The Morgan fingerprint density at radius 1 is 1.38 bits per heavy atom. The maximum atomic E-state index is 11.8. The Bertz CT molecular complexity index is 642. The number of amides is 1. The molecule has 0 aliphatic heterocycles. The number of benzene rings is 1. The third-order valence-corrected chi connectivity index (χ3v) is 4.23. The summed E-state index contributed by atoms with van der Waals surface area (Å²) < 4.78 is 6.37. The van der Waals surface area contributed by atoms with E-state index in [1.165, 1.54) is 0 Å². The van der Waals surface area contributed by atoms with Gasteiger partial charge in [0.25, 0.3) is 0 Å². The fraction of sp³-hybridized carbons (Fsp3) is 0.438. The lowest BCUT2D eigenvalue weighted by Crippen LogP contribution is -2.33. The van der Waals surface area contributed by atoms with Crippen LogP contribution in [0.15, 0.2) is 24.3 Å². The largest absolute Gasteiger partial charge is 0.444 e. The van der Waals surface area contributed by atoms with E-state index in [0.29, 0.717) is 0 Å². The minimum absolute atomic E-state index is 0.0366. The summed E-state index contributed by atoms with van der Waals surface area (Å²) >= 11 is 1.61. The van der Waals surface area contributed by atoms with Gasteiger partial charge in [0.15, 0.2) is 0 Å². The number of alkyl carbamates (subject to hydrolysis) is 1. The van der Waals surface area contributed by atoms with Crippen LogP contribution in [0.2, 0.25) is 0 Å². The quantitative estimate of drug-likeness (QED) is 0.901.